The molecule has 0 amide bonds. The summed E-state index contributed by atoms with van der Waals surface area (Å²) in [5, 5.41) is 2.48. The SMILES string of the molecule is C1CC[NH+]([C@@H]2CC[NH2+]C2)CC1. The minimum absolute atomic E-state index is 1.01. The summed E-state index contributed by atoms with van der Waals surface area (Å²) in [4.78, 5) is 1.91. The van der Waals surface area contributed by atoms with Gasteiger partial charge in [0.15, 0.2) is 0 Å². The lowest BCUT2D eigenvalue weighted by Crippen LogP contribution is -3.17. The van der Waals surface area contributed by atoms with E-state index in [-0.39, 0.29) is 0 Å². The lowest BCUT2D eigenvalue weighted by molar-refractivity contribution is -0.934. The van der Waals surface area contributed by atoms with Crippen molar-refractivity contribution in [1.82, 2.24) is 0 Å². The molecule has 2 rings (SSSR count). The van der Waals surface area contributed by atoms with Crippen molar-refractivity contribution in [3.8, 4) is 0 Å². The fourth-order valence-electron chi connectivity index (χ4n) is 2.54. The molecule has 64 valence electrons. The Morgan fingerprint density at radius 3 is 2.55 bits per heavy atom. The maximum atomic E-state index is 2.48. The summed E-state index contributed by atoms with van der Waals surface area (Å²) in [6.07, 6.45) is 5.91. The molecule has 0 aliphatic carbocycles. The molecule has 0 saturated carbocycles. The fraction of sp³-hybridized carbons (Fsp3) is 1.00. The van der Waals surface area contributed by atoms with E-state index in [2.05, 4.69) is 5.32 Å². The van der Waals surface area contributed by atoms with Crippen molar-refractivity contribution in [2.45, 2.75) is 31.7 Å². The molecular formula is C9H20N2+2. The van der Waals surface area contributed by atoms with Gasteiger partial charge in [0.2, 0.25) is 0 Å². The summed E-state index contributed by atoms with van der Waals surface area (Å²) >= 11 is 0. The lowest BCUT2D eigenvalue weighted by Gasteiger charge is -2.27. The van der Waals surface area contributed by atoms with Crippen molar-refractivity contribution in [3.63, 3.8) is 0 Å². The van der Waals surface area contributed by atoms with Gasteiger partial charge in [0, 0.05) is 0 Å². The number of hydrogen-bond donors (Lipinski definition) is 2. The van der Waals surface area contributed by atoms with Gasteiger partial charge in [-0.2, -0.15) is 0 Å². The second kappa shape index (κ2) is 3.55. The van der Waals surface area contributed by atoms with E-state index in [0.717, 1.165) is 6.04 Å². The van der Waals surface area contributed by atoms with Crippen molar-refractivity contribution in [1.29, 1.82) is 0 Å². The highest BCUT2D eigenvalue weighted by Crippen LogP contribution is 1.97. The van der Waals surface area contributed by atoms with E-state index in [9.17, 15) is 0 Å². The molecule has 2 aliphatic rings. The van der Waals surface area contributed by atoms with Gasteiger partial charge in [-0.05, 0) is 19.3 Å². The zero-order valence-electron chi connectivity index (χ0n) is 7.31. The van der Waals surface area contributed by atoms with Crippen LogP contribution >= 0.6 is 0 Å². The van der Waals surface area contributed by atoms with Crippen LogP contribution in [0.3, 0.4) is 0 Å². The number of quaternary nitrogens is 2. The van der Waals surface area contributed by atoms with Crippen LogP contribution in [-0.2, 0) is 0 Å². The molecule has 11 heavy (non-hydrogen) atoms. The quantitative estimate of drug-likeness (QED) is 0.456. The lowest BCUT2D eigenvalue weighted by atomic mass is 10.1. The minimum Gasteiger partial charge on any atom is -0.341 e. The summed E-state index contributed by atoms with van der Waals surface area (Å²) in [6, 6.07) is 1.01. The molecule has 2 heteroatoms. The highest BCUT2D eigenvalue weighted by atomic mass is 15.2. The van der Waals surface area contributed by atoms with Gasteiger partial charge < -0.3 is 10.2 Å². The molecule has 2 heterocycles. The number of nitrogens with two attached hydrogens (primary N) is 1. The number of piperidine rings is 1. The van der Waals surface area contributed by atoms with Crippen molar-refractivity contribution in [3.05, 3.63) is 0 Å². The molecule has 1 atom stereocenters. The molecule has 0 aromatic rings. The van der Waals surface area contributed by atoms with Crippen LogP contribution in [-0.4, -0.2) is 32.2 Å². The van der Waals surface area contributed by atoms with E-state index >= 15 is 0 Å². The van der Waals surface area contributed by atoms with Crippen LogP contribution < -0.4 is 10.2 Å². The summed E-state index contributed by atoms with van der Waals surface area (Å²) in [6.45, 7) is 5.69. The van der Waals surface area contributed by atoms with Gasteiger partial charge in [0.05, 0.1) is 26.1 Å². The smallest absolute Gasteiger partial charge is 0.142 e. The molecule has 2 nitrogen and oxygen atoms in total. The number of hydrogen-bond acceptors (Lipinski definition) is 0. The summed E-state index contributed by atoms with van der Waals surface area (Å²) in [7, 11) is 0. The zero-order chi connectivity index (χ0) is 7.52. The van der Waals surface area contributed by atoms with Crippen molar-refractivity contribution >= 4 is 0 Å². The average molecular weight is 156 g/mol. The predicted octanol–water partition coefficient (Wildman–Crippen LogP) is -1.61. The Labute approximate surface area is 69.0 Å². The molecule has 0 unspecified atom stereocenters. The second-order valence-corrected chi connectivity index (χ2v) is 4.02. The number of rotatable bonds is 1. The highest BCUT2D eigenvalue weighted by Gasteiger charge is 2.29. The van der Waals surface area contributed by atoms with E-state index in [0.29, 0.717) is 0 Å². The first kappa shape index (κ1) is 7.56. The van der Waals surface area contributed by atoms with Crippen LogP contribution in [0.5, 0.6) is 0 Å². The van der Waals surface area contributed by atoms with Gasteiger partial charge in [-0.3, -0.25) is 0 Å². The monoisotopic (exact) mass is 156 g/mol. The van der Waals surface area contributed by atoms with Crippen LogP contribution in [0, 0.1) is 0 Å². The summed E-state index contributed by atoms with van der Waals surface area (Å²) in [5.74, 6) is 0. The van der Waals surface area contributed by atoms with Crippen molar-refractivity contribution in [2.24, 2.45) is 0 Å². The van der Waals surface area contributed by atoms with E-state index in [1.807, 2.05) is 4.90 Å². The van der Waals surface area contributed by atoms with E-state index < -0.39 is 0 Å². The maximum Gasteiger partial charge on any atom is 0.142 e. The van der Waals surface area contributed by atoms with Gasteiger partial charge in [0.25, 0.3) is 0 Å². The van der Waals surface area contributed by atoms with E-state index in [1.165, 1.54) is 51.9 Å². The molecule has 2 fully saturated rings. The van der Waals surface area contributed by atoms with Gasteiger partial charge in [0.1, 0.15) is 12.6 Å². The number of nitrogens with one attached hydrogen (secondary N) is 1. The topological polar surface area (TPSA) is 21.1 Å². The average Bonchev–Trinajstić information content (AvgIpc) is 2.58. The van der Waals surface area contributed by atoms with Crippen LogP contribution in [0.1, 0.15) is 25.7 Å². The zero-order valence-corrected chi connectivity index (χ0v) is 7.31. The third-order valence-electron chi connectivity index (χ3n) is 3.24. The van der Waals surface area contributed by atoms with Crippen LogP contribution in [0.15, 0.2) is 0 Å². The molecule has 2 aliphatic heterocycles. The molecule has 0 aromatic carbocycles. The van der Waals surface area contributed by atoms with Crippen LogP contribution in [0.2, 0.25) is 0 Å². The summed E-state index contributed by atoms with van der Waals surface area (Å²) < 4.78 is 0. The second-order valence-electron chi connectivity index (χ2n) is 4.02. The molecule has 0 radical (unpaired) electrons. The Kier molecular flexibility index (Phi) is 2.44. The van der Waals surface area contributed by atoms with E-state index in [1.54, 1.807) is 0 Å². The first-order valence-corrected chi connectivity index (χ1v) is 5.13. The number of likely N-dealkylation sites (tertiary alicyclic amines) is 1. The van der Waals surface area contributed by atoms with Gasteiger partial charge in [-0.25, -0.2) is 0 Å². The Balaban J connectivity index is 1.82. The summed E-state index contributed by atoms with van der Waals surface area (Å²) in [5.41, 5.74) is 0. The van der Waals surface area contributed by atoms with Gasteiger partial charge in [-0.15, -0.1) is 0 Å². The molecule has 2 saturated heterocycles. The Bertz CT molecular complexity index is 113. The Morgan fingerprint density at radius 1 is 1.09 bits per heavy atom. The molecule has 0 aromatic heterocycles. The molecule has 3 N–H and O–H groups in total. The first-order chi connectivity index (χ1) is 5.47. The van der Waals surface area contributed by atoms with Crippen molar-refractivity contribution in [2.75, 3.05) is 26.2 Å². The first-order valence-electron chi connectivity index (χ1n) is 5.13. The Morgan fingerprint density at radius 2 is 1.91 bits per heavy atom. The van der Waals surface area contributed by atoms with Gasteiger partial charge >= 0.3 is 0 Å². The Hall–Kier alpha value is -0.0800. The maximum absolute atomic E-state index is 2.48. The van der Waals surface area contributed by atoms with Crippen molar-refractivity contribution < 1.29 is 10.2 Å². The van der Waals surface area contributed by atoms with Crippen LogP contribution in [0.4, 0.5) is 0 Å². The molecular weight excluding hydrogens is 136 g/mol. The largest absolute Gasteiger partial charge is 0.341 e. The molecule has 0 bridgehead atoms. The highest BCUT2D eigenvalue weighted by molar-refractivity contribution is 4.59. The third-order valence-corrected chi connectivity index (χ3v) is 3.24. The predicted molar refractivity (Wildman–Crippen MR) is 44.6 cm³/mol. The minimum atomic E-state index is 1.01. The van der Waals surface area contributed by atoms with Gasteiger partial charge in [-0.1, -0.05) is 0 Å². The standard InChI is InChI=1S/C9H18N2/c1-2-6-11(7-3-1)9-4-5-10-8-9/h9-10H,1-8H2/p+2/t9-/m1/s1. The fourth-order valence-corrected chi connectivity index (χ4v) is 2.54. The normalized spacial score (nSPS) is 34.4. The van der Waals surface area contributed by atoms with Crippen LogP contribution in [0.25, 0.3) is 0 Å². The third kappa shape index (κ3) is 1.74. The van der Waals surface area contributed by atoms with E-state index in [4.69, 9.17) is 0 Å². The molecule has 0 spiro atoms.